The number of nitrogens with one attached hydrogen (secondary N) is 1. The van der Waals surface area contributed by atoms with Gasteiger partial charge in [-0.05, 0) is 31.9 Å². The minimum Gasteiger partial charge on any atom is -0.375 e. The van der Waals surface area contributed by atoms with Gasteiger partial charge in [0.2, 0.25) is 5.95 Å². The van der Waals surface area contributed by atoms with E-state index < -0.39 is 0 Å². The van der Waals surface area contributed by atoms with Crippen LogP contribution >= 0.6 is 0 Å². The Kier molecular flexibility index (Phi) is 5.90. The van der Waals surface area contributed by atoms with E-state index in [9.17, 15) is 4.79 Å². The van der Waals surface area contributed by atoms with Crippen molar-refractivity contribution in [2.24, 2.45) is 0 Å². The second kappa shape index (κ2) is 8.73. The van der Waals surface area contributed by atoms with Crippen LogP contribution in [-0.4, -0.2) is 53.3 Å². The molecule has 0 aliphatic carbocycles. The molecule has 7 heteroatoms. The molecule has 2 saturated heterocycles. The molecule has 2 atom stereocenters. The lowest BCUT2D eigenvalue weighted by Crippen LogP contribution is -2.43. The van der Waals surface area contributed by atoms with E-state index in [2.05, 4.69) is 32.8 Å². The van der Waals surface area contributed by atoms with Gasteiger partial charge in [0.15, 0.2) is 0 Å². The number of pyridine rings is 1. The fraction of sp³-hybridized carbons (Fsp3) is 0.571. The number of H-pyrrole nitrogens is 1. The zero-order valence-corrected chi connectivity index (χ0v) is 16.5. The molecule has 2 aromatic rings. The fourth-order valence-electron chi connectivity index (χ4n) is 4.19. The number of rotatable bonds is 4. The molecular formula is C21H29N5O2. The molecule has 0 saturated carbocycles. The first-order valence-electron chi connectivity index (χ1n) is 10.3. The van der Waals surface area contributed by atoms with E-state index in [1.165, 1.54) is 12.8 Å². The fourth-order valence-corrected chi connectivity index (χ4v) is 4.19. The van der Waals surface area contributed by atoms with Gasteiger partial charge in [0, 0.05) is 50.1 Å². The van der Waals surface area contributed by atoms with Gasteiger partial charge in [-0.1, -0.05) is 18.9 Å². The van der Waals surface area contributed by atoms with Crippen LogP contribution in [0.2, 0.25) is 0 Å². The Labute approximate surface area is 165 Å². The average Bonchev–Trinajstić information content (AvgIpc) is 2.94. The highest BCUT2D eigenvalue weighted by Crippen LogP contribution is 2.25. The number of aromatic nitrogens is 3. The van der Waals surface area contributed by atoms with E-state index in [4.69, 9.17) is 9.72 Å². The summed E-state index contributed by atoms with van der Waals surface area (Å²) >= 11 is 0. The Bertz CT molecular complexity index is 825. The Balaban J connectivity index is 1.61. The van der Waals surface area contributed by atoms with Gasteiger partial charge >= 0.3 is 0 Å². The van der Waals surface area contributed by atoms with E-state index in [1.54, 1.807) is 6.07 Å². The average molecular weight is 383 g/mol. The quantitative estimate of drug-likeness (QED) is 0.874. The minimum absolute atomic E-state index is 0.0972. The second-order valence-electron chi connectivity index (χ2n) is 7.78. The highest BCUT2D eigenvalue weighted by atomic mass is 16.5. The number of morpholine rings is 1. The summed E-state index contributed by atoms with van der Waals surface area (Å²) in [6.07, 6.45) is 7.45. The maximum absolute atomic E-state index is 12.4. The molecule has 0 aromatic carbocycles. The highest BCUT2D eigenvalue weighted by molar-refractivity contribution is 5.45. The van der Waals surface area contributed by atoms with Gasteiger partial charge in [-0.3, -0.25) is 14.8 Å². The van der Waals surface area contributed by atoms with Crippen LogP contribution in [0.15, 0.2) is 35.3 Å². The summed E-state index contributed by atoms with van der Waals surface area (Å²) in [5, 5.41) is 0. The van der Waals surface area contributed by atoms with Gasteiger partial charge in [0.05, 0.1) is 12.7 Å². The van der Waals surface area contributed by atoms with Crippen LogP contribution in [0.1, 0.15) is 38.3 Å². The standard InChI is InChI=1S/C21H29N5O2/c1-16-15-25(11-12-28-16)19-14-20(27)24-21(23-19)26-10-6-2-3-8-18(26)13-17-7-4-5-9-22-17/h4-5,7,9,14,16,18H,2-3,6,8,10-13,15H2,1H3,(H,23,24,27)/t16-,18+/m1/s1. The molecule has 1 N–H and O–H groups in total. The van der Waals surface area contributed by atoms with Crippen molar-refractivity contribution in [3.63, 3.8) is 0 Å². The van der Waals surface area contributed by atoms with Gasteiger partial charge in [-0.2, -0.15) is 4.98 Å². The smallest absolute Gasteiger partial charge is 0.254 e. The van der Waals surface area contributed by atoms with Crippen molar-refractivity contribution in [3.8, 4) is 0 Å². The molecule has 0 bridgehead atoms. The van der Waals surface area contributed by atoms with Crippen molar-refractivity contribution in [2.75, 3.05) is 36.0 Å². The summed E-state index contributed by atoms with van der Waals surface area (Å²) in [5.41, 5.74) is 0.986. The van der Waals surface area contributed by atoms with Crippen molar-refractivity contribution >= 4 is 11.8 Å². The van der Waals surface area contributed by atoms with Crippen LogP contribution in [0.4, 0.5) is 11.8 Å². The molecule has 2 aromatic heterocycles. The maximum atomic E-state index is 12.4. The molecule has 0 radical (unpaired) electrons. The summed E-state index contributed by atoms with van der Waals surface area (Å²) in [4.78, 5) is 29.2. The first-order valence-corrected chi connectivity index (χ1v) is 10.3. The van der Waals surface area contributed by atoms with Gasteiger partial charge in [-0.25, -0.2) is 0 Å². The first-order chi connectivity index (χ1) is 13.7. The molecule has 0 spiro atoms. The molecule has 7 nitrogen and oxygen atoms in total. The molecule has 150 valence electrons. The normalized spacial score (nSPS) is 23.5. The van der Waals surface area contributed by atoms with Gasteiger partial charge in [0.1, 0.15) is 5.82 Å². The molecule has 4 heterocycles. The van der Waals surface area contributed by atoms with E-state index >= 15 is 0 Å². The predicted octanol–water partition coefficient (Wildman–Crippen LogP) is 2.38. The Morgan fingerprint density at radius 2 is 2.18 bits per heavy atom. The third-order valence-corrected chi connectivity index (χ3v) is 5.60. The van der Waals surface area contributed by atoms with Gasteiger partial charge in [-0.15, -0.1) is 0 Å². The summed E-state index contributed by atoms with van der Waals surface area (Å²) in [6, 6.07) is 7.95. The summed E-state index contributed by atoms with van der Waals surface area (Å²) in [6.45, 7) is 5.14. The topological polar surface area (TPSA) is 74.4 Å². The molecule has 28 heavy (non-hydrogen) atoms. The summed E-state index contributed by atoms with van der Waals surface area (Å²) in [7, 11) is 0. The molecule has 2 aliphatic rings. The number of hydrogen-bond acceptors (Lipinski definition) is 6. The van der Waals surface area contributed by atoms with Crippen LogP contribution in [0, 0.1) is 0 Å². The molecule has 0 amide bonds. The lowest BCUT2D eigenvalue weighted by atomic mass is 10.0. The summed E-state index contributed by atoms with van der Waals surface area (Å²) < 4.78 is 5.63. The Hall–Kier alpha value is -2.41. The van der Waals surface area contributed by atoms with Gasteiger partial charge in [0.25, 0.3) is 5.56 Å². The number of ether oxygens (including phenoxy) is 1. The number of anilines is 2. The molecule has 2 aliphatic heterocycles. The van der Waals surface area contributed by atoms with Crippen LogP contribution in [0.3, 0.4) is 0 Å². The maximum Gasteiger partial charge on any atom is 0.254 e. The van der Waals surface area contributed by atoms with Gasteiger partial charge < -0.3 is 14.5 Å². The second-order valence-corrected chi connectivity index (χ2v) is 7.78. The van der Waals surface area contributed by atoms with E-state index in [0.717, 1.165) is 50.4 Å². The number of aromatic amines is 1. The Morgan fingerprint density at radius 1 is 1.25 bits per heavy atom. The third-order valence-electron chi connectivity index (χ3n) is 5.60. The molecule has 2 fully saturated rings. The molecule has 0 unspecified atom stereocenters. The van der Waals surface area contributed by atoms with Crippen LogP contribution < -0.4 is 15.4 Å². The molecular weight excluding hydrogens is 354 g/mol. The monoisotopic (exact) mass is 383 g/mol. The highest BCUT2D eigenvalue weighted by Gasteiger charge is 2.25. The van der Waals surface area contributed by atoms with Crippen molar-refractivity contribution < 1.29 is 4.74 Å². The Morgan fingerprint density at radius 3 is 3.00 bits per heavy atom. The van der Waals surface area contributed by atoms with E-state index in [1.807, 2.05) is 18.3 Å². The number of hydrogen-bond donors (Lipinski definition) is 1. The van der Waals surface area contributed by atoms with Crippen LogP contribution in [0.5, 0.6) is 0 Å². The van der Waals surface area contributed by atoms with Crippen LogP contribution in [-0.2, 0) is 11.2 Å². The summed E-state index contributed by atoms with van der Waals surface area (Å²) in [5.74, 6) is 1.43. The van der Waals surface area contributed by atoms with Crippen molar-refractivity contribution in [3.05, 3.63) is 46.5 Å². The number of nitrogens with zero attached hydrogens (tertiary/aromatic N) is 4. The zero-order valence-electron chi connectivity index (χ0n) is 16.5. The lowest BCUT2D eigenvalue weighted by Gasteiger charge is -2.34. The predicted molar refractivity (Wildman–Crippen MR) is 110 cm³/mol. The van der Waals surface area contributed by atoms with E-state index in [-0.39, 0.29) is 11.7 Å². The third kappa shape index (κ3) is 4.52. The van der Waals surface area contributed by atoms with E-state index in [0.29, 0.717) is 18.6 Å². The lowest BCUT2D eigenvalue weighted by molar-refractivity contribution is 0.0529. The van der Waals surface area contributed by atoms with Crippen molar-refractivity contribution in [1.82, 2.24) is 15.0 Å². The first kappa shape index (κ1) is 18.9. The minimum atomic E-state index is -0.0972. The zero-order chi connectivity index (χ0) is 19.3. The largest absolute Gasteiger partial charge is 0.375 e. The van der Waals surface area contributed by atoms with Crippen LogP contribution in [0.25, 0.3) is 0 Å². The SMILES string of the molecule is C[C@@H]1CN(c2cc(=O)[nH]c(N3CCCCC[C@H]3Cc3ccccn3)n2)CCO1. The molecule has 4 rings (SSSR count). The van der Waals surface area contributed by atoms with Crippen molar-refractivity contribution in [1.29, 1.82) is 0 Å². The van der Waals surface area contributed by atoms with Crippen molar-refractivity contribution in [2.45, 2.75) is 51.2 Å².